The molecule has 0 N–H and O–H groups in total. The summed E-state index contributed by atoms with van der Waals surface area (Å²) >= 11 is 9.03. The molecule has 1 aliphatic heterocycles. The Morgan fingerprint density at radius 1 is 1.17 bits per heavy atom. The van der Waals surface area contributed by atoms with Crippen LogP contribution < -0.4 is 9.47 Å². The van der Waals surface area contributed by atoms with E-state index in [0.29, 0.717) is 34.7 Å². The molecule has 4 nitrogen and oxygen atoms in total. The topological polar surface area (TPSA) is 38.8 Å². The van der Waals surface area contributed by atoms with Gasteiger partial charge in [-0.05, 0) is 65.3 Å². The number of carbonyl (C=O) groups excluding carboxylic acids is 1. The van der Waals surface area contributed by atoms with E-state index in [1.165, 1.54) is 11.8 Å². The lowest BCUT2D eigenvalue weighted by Gasteiger charge is -2.15. The van der Waals surface area contributed by atoms with E-state index in [1.807, 2.05) is 55.5 Å². The normalized spacial score (nSPS) is 15.3. The molecule has 0 unspecified atom stereocenters. The molecule has 1 fully saturated rings. The summed E-state index contributed by atoms with van der Waals surface area (Å²) in [5, 5.41) is 0. The number of thioether (sulfide) groups is 1. The highest BCUT2D eigenvalue weighted by atomic mass is 127. The number of benzene rings is 2. The zero-order chi connectivity index (χ0) is 20.8. The van der Waals surface area contributed by atoms with Crippen molar-refractivity contribution in [2.24, 2.45) is 0 Å². The Hall–Kier alpha value is -1.58. The molecule has 1 saturated heterocycles. The van der Waals surface area contributed by atoms with Crippen molar-refractivity contribution >= 4 is 62.9 Å². The van der Waals surface area contributed by atoms with Crippen LogP contribution in [0.1, 0.15) is 31.4 Å². The number of nitrogens with zero attached hydrogens (tertiary/aromatic N) is 1. The third-order valence-electron chi connectivity index (χ3n) is 4.14. The van der Waals surface area contributed by atoms with Crippen molar-refractivity contribution in [3.63, 3.8) is 0 Å². The highest BCUT2D eigenvalue weighted by molar-refractivity contribution is 14.1. The van der Waals surface area contributed by atoms with Crippen molar-refractivity contribution in [1.29, 1.82) is 0 Å². The fourth-order valence-corrected chi connectivity index (χ4v) is 4.87. The predicted octanol–water partition coefficient (Wildman–Crippen LogP) is 5.88. The first-order valence-corrected chi connectivity index (χ1v) is 11.7. The molecule has 0 radical (unpaired) electrons. The Balaban J connectivity index is 1.85. The molecule has 3 rings (SSSR count). The molecule has 152 valence electrons. The lowest BCUT2D eigenvalue weighted by Crippen LogP contribution is -2.27. The van der Waals surface area contributed by atoms with Gasteiger partial charge in [-0.25, -0.2) is 0 Å². The number of carbonyl (C=O) groups is 1. The molecule has 29 heavy (non-hydrogen) atoms. The van der Waals surface area contributed by atoms with E-state index in [0.717, 1.165) is 26.9 Å². The molecule has 0 saturated carbocycles. The van der Waals surface area contributed by atoms with Crippen molar-refractivity contribution in [2.75, 3.05) is 13.2 Å². The van der Waals surface area contributed by atoms with Crippen molar-refractivity contribution in [2.45, 2.75) is 26.8 Å². The maximum Gasteiger partial charge on any atom is 0.266 e. The predicted molar refractivity (Wildman–Crippen MR) is 131 cm³/mol. The number of ether oxygens (including phenoxy) is 2. The van der Waals surface area contributed by atoms with Crippen LogP contribution in [0, 0.1) is 3.57 Å². The zero-order valence-corrected chi connectivity index (χ0v) is 20.1. The Kier molecular flexibility index (Phi) is 7.97. The van der Waals surface area contributed by atoms with E-state index in [9.17, 15) is 4.79 Å². The first-order chi connectivity index (χ1) is 14.0. The Bertz CT molecular complexity index is 931. The third kappa shape index (κ3) is 5.52. The third-order valence-corrected chi connectivity index (χ3v) is 6.32. The van der Waals surface area contributed by atoms with Gasteiger partial charge in [0.25, 0.3) is 5.91 Å². The molecule has 2 aromatic rings. The van der Waals surface area contributed by atoms with Crippen LogP contribution in [0.2, 0.25) is 0 Å². The average Bonchev–Trinajstić information content (AvgIpc) is 2.96. The van der Waals surface area contributed by atoms with Gasteiger partial charge in [-0.3, -0.25) is 9.69 Å². The summed E-state index contributed by atoms with van der Waals surface area (Å²) in [4.78, 5) is 15.2. The van der Waals surface area contributed by atoms with Gasteiger partial charge in [0.15, 0.2) is 11.5 Å². The SMILES string of the molecule is CCCOc1c(I)cc(/C=C2/SC(=S)N(Cc3ccccc3)C2=O)cc1OCC. The van der Waals surface area contributed by atoms with Crippen LogP contribution in [0.4, 0.5) is 0 Å². The van der Waals surface area contributed by atoms with Gasteiger partial charge in [-0.2, -0.15) is 0 Å². The van der Waals surface area contributed by atoms with Gasteiger partial charge in [-0.1, -0.05) is 61.2 Å². The fraction of sp³-hybridized carbons (Fsp3) is 0.273. The number of hydrogen-bond acceptors (Lipinski definition) is 5. The highest BCUT2D eigenvalue weighted by Gasteiger charge is 2.32. The van der Waals surface area contributed by atoms with Gasteiger partial charge in [0, 0.05) is 0 Å². The van der Waals surface area contributed by atoms with Crippen molar-refractivity contribution in [3.8, 4) is 11.5 Å². The van der Waals surface area contributed by atoms with E-state index < -0.39 is 0 Å². The molecule has 1 aliphatic rings. The molecule has 2 aromatic carbocycles. The monoisotopic (exact) mass is 539 g/mol. The second kappa shape index (κ2) is 10.4. The van der Waals surface area contributed by atoms with E-state index >= 15 is 0 Å². The van der Waals surface area contributed by atoms with Crippen LogP contribution in [-0.2, 0) is 11.3 Å². The molecule has 0 bridgehead atoms. The minimum atomic E-state index is -0.0665. The lowest BCUT2D eigenvalue weighted by atomic mass is 10.1. The maximum atomic E-state index is 12.9. The van der Waals surface area contributed by atoms with Gasteiger partial charge >= 0.3 is 0 Å². The number of hydrogen-bond donors (Lipinski definition) is 0. The summed E-state index contributed by atoms with van der Waals surface area (Å²) in [6, 6.07) is 13.8. The second-order valence-electron chi connectivity index (χ2n) is 6.36. The van der Waals surface area contributed by atoms with Crippen LogP contribution in [0.15, 0.2) is 47.4 Å². The Morgan fingerprint density at radius 2 is 1.93 bits per heavy atom. The zero-order valence-electron chi connectivity index (χ0n) is 16.3. The summed E-state index contributed by atoms with van der Waals surface area (Å²) < 4.78 is 13.2. The molecule has 0 aromatic heterocycles. The summed E-state index contributed by atoms with van der Waals surface area (Å²) in [6.07, 6.45) is 2.80. The first-order valence-electron chi connectivity index (χ1n) is 9.42. The molecule has 0 spiro atoms. The number of rotatable bonds is 8. The standard InChI is InChI=1S/C22H22INO3S2/c1-3-10-27-20-17(23)11-16(12-18(20)26-4-2)13-19-21(25)24(22(28)29-19)14-15-8-6-5-7-9-15/h5-9,11-13H,3-4,10,14H2,1-2H3/b19-13+. The fourth-order valence-electron chi connectivity index (χ4n) is 2.83. The summed E-state index contributed by atoms with van der Waals surface area (Å²) in [7, 11) is 0. The Morgan fingerprint density at radius 3 is 2.62 bits per heavy atom. The molecule has 1 amide bonds. The maximum absolute atomic E-state index is 12.9. The van der Waals surface area contributed by atoms with Crippen LogP contribution in [0.5, 0.6) is 11.5 Å². The number of thiocarbonyl (C=S) groups is 1. The largest absolute Gasteiger partial charge is 0.490 e. The van der Waals surface area contributed by atoms with Gasteiger partial charge in [-0.15, -0.1) is 0 Å². The van der Waals surface area contributed by atoms with Crippen LogP contribution >= 0.6 is 46.6 Å². The van der Waals surface area contributed by atoms with Crippen LogP contribution in [0.25, 0.3) is 6.08 Å². The van der Waals surface area contributed by atoms with Crippen molar-refractivity contribution in [3.05, 3.63) is 62.1 Å². The first kappa shape index (κ1) is 22.1. The molecule has 1 heterocycles. The van der Waals surface area contributed by atoms with Gasteiger partial charge in [0.2, 0.25) is 0 Å². The van der Waals surface area contributed by atoms with E-state index in [1.54, 1.807) is 4.90 Å². The quantitative estimate of drug-likeness (QED) is 0.238. The number of halogens is 1. The highest BCUT2D eigenvalue weighted by Crippen LogP contribution is 2.38. The van der Waals surface area contributed by atoms with Gasteiger partial charge in [0.1, 0.15) is 4.32 Å². The van der Waals surface area contributed by atoms with E-state index in [-0.39, 0.29) is 5.91 Å². The minimum absolute atomic E-state index is 0.0665. The smallest absolute Gasteiger partial charge is 0.266 e. The van der Waals surface area contributed by atoms with Gasteiger partial charge in [0.05, 0.1) is 28.2 Å². The average molecular weight is 539 g/mol. The summed E-state index contributed by atoms with van der Waals surface area (Å²) in [6.45, 7) is 5.67. The Labute approximate surface area is 194 Å². The molecular weight excluding hydrogens is 517 g/mol. The summed E-state index contributed by atoms with van der Waals surface area (Å²) in [5.74, 6) is 1.38. The van der Waals surface area contributed by atoms with Crippen molar-refractivity contribution in [1.82, 2.24) is 4.90 Å². The molecule has 0 atom stereocenters. The molecular formula is C22H22INO3S2. The molecule has 7 heteroatoms. The van der Waals surface area contributed by atoms with Crippen molar-refractivity contribution < 1.29 is 14.3 Å². The van der Waals surface area contributed by atoms with Gasteiger partial charge < -0.3 is 9.47 Å². The van der Waals surface area contributed by atoms with E-state index in [2.05, 4.69) is 29.5 Å². The molecule has 0 aliphatic carbocycles. The summed E-state index contributed by atoms with van der Waals surface area (Å²) in [5.41, 5.74) is 1.94. The number of amides is 1. The second-order valence-corrected chi connectivity index (χ2v) is 9.20. The van der Waals surface area contributed by atoms with Crippen LogP contribution in [0.3, 0.4) is 0 Å². The minimum Gasteiger partial charge on any atom is -0.490 e. The lowest BCUT2D eigenvalue weighted by molar-refractivity contribution is -0.122. The van der Waals surface area contributed by atoms with Crippen LogP contribution in [-0.4, -0.2) is 28.3 Å². The van der Waals surface area contributed by atoms with E-state index in [4.69, 9.17) is 21.7 Å².